The molecule has 0 fully saturated rings. The fourth-order valence-electron chi connectivity index (χ4n) is 2.58. The van der Waals surface area contributed by atoms with Crippen molar-refractivity contribution in [3.63, 3.8) is 0 Å². The van der Waals surface area contributed by atoms with Gasteiger partial charge in [-0.25, -0.2) is 4.39 Å². The number of rotatable bonds is 6. The molecule has 4 nitrogen and oxygen atoms in total. The summed E-state index contributed by atoms with van der Waals surface area (Å²) in [6.07, 6.45) is 3.08. The van der Waals surface area contributed by atoms with Crippen LogP contribution in [0.3, 0.4) is 0 Å². The molecule has 0 spiro atoms. The molecular weight excluding hydrogens is 446 g/mol. The Hall–Kier alpha value is -2.67. The second-order valence-electron chi connectivity index (χ2n) is 6.38. The Kier molecular flexibility index (Phi) is 7.26. The molecule has 1 N–H and O–H groups in total. The number of carbonyl (C=O) groups excluding carboxylic acids is 2. The first-order valence-corrected chi connectivity index (χ1v) is 10.4. The van der Waals surface area contributed by atoms with E-state index in [1.165, 1.54) is 41.5 Å². The van der Waals surface area contributed by atoms with Crippen molar-refractivity contribution in [1.29, 1.82) is 0 Å². The van der Waals surface area contributed by atoms with Crippen LogP contribution in [0.1, 0.15) is 4.88 Å². The highest BCUT2D eigenvalue weighted by atomic mass is 35.5. The molecule has 0 atom stereocenters. The summed E-state index contributed by atoms with van der Waals surface area (Å²) in [5.41, 5.74) is 1.22. The van der Waals surface area contributed by atoms with Gasteiger partial charge in [0.25, 0.3) is 0 Å². The quantitative estimate of drug-likeness (QED) is 0.458. The van der Waals surface area contributed by atoms with E-state index in [2.05, 4.69) is 5.32 Å². The zero-order valence-electron chi connectivity index (χ0n) is 15.9. The number of anilines is 1. The highest BCUT2D eigenvalue weighted by molar-refractivity contribution is 7.16. The molecule has 3 aromatic rings. The van der Waals surface area contributed by atoms with Crippen LogP contribution >= 0.6 is 34.5 Å². The third-order valence-corrected chi connectivity index (χ3v) is 5.86. The zero-order valence-corrected chi connectivity index (χ0v) is 18.2. The molecule has 1 aromatic heterocycles. The Morgan fingerprint density at radius 1 is 1.07 bits per heavy atom. The van der Waals surface area contributed by atoms with Crippen LogP contribution in [0.4, 0.5) is 10.1 Å². The molecule has 0 saturated carbocycles. The van der Waals surface area contributed by atoms with E-state index < -0.39 is 5.91 Å². The second-order valence-corrected chi connectivity index (χ2v) is 8.31. The Morgan fingerprint density at radius 2 is 1.73 bits per heavy atom. The van der Waals surface area contributed by atoms with E-state index in [0.717, 1.165) is 15.3 Å². The molecule has 0 bridgehead atoms. The number of carbonyl (C=O) groups is 2. The Labute approximate surface area is 187 Å². The molecule has 0 aliphatic heterocycles. The molecule has 2 aromatic carbocycles. The van der Waals surface area contributed by atoms with Crippen LogP contribution in [0.25, 0.3) is 16.5 Å². The number of benzene rings is 2. The number of likely N-dealkylation sites (N-methyl/N-ethyl adjacent to an activating group) is 1. The van der Waals surface area contributed by atoms with Crippen LogP contribution in [0.15, 0.2) is 60.7 Å². The molecule has 8 heteroatoms. The number of para-hydroxylation sites is 1. The molecule has 2 amide bonds. The number of hydrogen-bond acceptors (Lipinski definition) is 3. The van der Waals surface area contributed by atoms with Crippen molar-refractivity contribution in [2.24, 2.45) is 0 Å². The number of amides is 2. The second kappa shape index (κ2) is 9.89. The smallest absolute Gasteiger partial charge is 0.246 e. The average Bonchev–Trinajstić information content (AvgIpc) is 3.18. The molecule has 1 heterocycles. The third-order valence-electron chi connectivity index (χ3n) is 4.13. The molecule has 154 valence electrons. The van der Waals surface area contributed by atoms with Crippen molar-refractivity contribution in [2.75, 3.05) is 18.9 Å². The maximum Gasteiger partial charge on any atom is 0.246 e. The average molecular weight is 463 g/mol. The number of halogens is 3. The lowest BCUT2D eigenvalue weighted by molar-refractivity contribution is -0.129. The predicted octanol–water partition coefficient (Wildman–Crippen LogP) is 5.97. The van der Waals surface area contributed by atoms with E-state index in [9.17, 15) is 14.0 Å². The van der Waals surface area contributed by atoms with Crippen LogP contribution in [-0.4, -0.2) is 30.3 Å². The van der Waals surface area contributed by atoms with Crippen molar-refractivity contribution in [3.05, 3.63) is 81.4 Å². The number of nitrogens with one attached hydrogen (secondary N) is 1. The van der Waals surface area contributed by atoms with Crippen LogP contribution in [-0.2, 0) is 9.59 Å². The van der Waals surface area contributed by atoms with Gasteiger partial charge in [-0.3, -0.25) is 9.59 Å². The summed E-state index contributed by atoms with van der Waals surface area (Å²) < 4.78 is 13.1. The normalized spacial score (nSPS) is 10.9. The SMILES string of the molecule is CN(CC(=O)Nc1c(Cl)cccc1Cl)C(=O)/C=C/c1ccc(-c2ccc(F)cc2)s1. The van der Waals surface area contributed by atoms with Crippen LogP contribution in [0.2, 0.25) is 10.0 Å². The fraction of sp³-hybridized carbons (Fsp3) is 0.0909. The topological polar surface area (TPSA) is 49.4 Å². The summed E-state index contributed by atoms with van der Waals surface area (Å²) in [4.78, 5) is 27.7. The van der Waals surface area contributed by atoms with Gasteiger partial charge in [-0.15, -0.1) is 11.3 Å². The van der Waals surface area contributed by atoms with Gasteiger partial charge in [0.05, 0.1) is 22.3 Å². The van der Waals surface area contributed by atoms with E-state index in [1.807, 2.05) is 12.1 Å². The first kappa shape index (κ1) is 22.0. The molecule has 0 saturated heterocycles. The largest absolute Gasteiger partial charge is 0.333 e. The van der Waals surface area contributed by atoms with Crippen LogP contribution in [0.5, 0.6) is 0 Å². The van der Waals surface area contributed by atoms with Gasteiger partial charge < -0.3 is 10.2 Å². The first-order valence-electron chi connectivity index (χ1n) is 8.86. The van der Waals surface area contributed by atoms with E-state index in [-0.39, 0.29) is 18.3 Å². The fourth-order valence-corrected chi connectivity index (χ4v) is 3.99. The van der Waals surface area contributed by atoms with Crippen molar-refractivity contribution >= 4 is 58.1 Å². The van der Waals surface area contributed by atoms with Crippen molar-refractivity contribution < 1.29 is 14.0 Å². The highest BCUT2D eigenvalue weighted by Crippen LogP contribution is 2.30. The molecular formula is C22H17Cl2FN2O2S. The Morgan fingerprint density at radius 3 is 2.40 bits per heavy atom. The minimum Gasteiger partial charge on any atom is -0.333 e. The Balaban J connectivity index is 1.58. The zero-order chi connectivity index (χ0) is 21.7. The predicted molar refractivity (Wildman–Crippen MR) is 121 cm³/mol. The monoisotopic (exact) mass is 462 g/mol. The van der Waals surface area contributed by atoms with Gasteiger partial charge in [-0.1, -0.05) is 41.4 Å². The van der Waals surface area contributed by atoms with E-state index in [0.29, 0.717) is 15.7 Å². The summed E-state index contributed by atoms with van der Waals surface area (Å²) in [6.45, 7) is -0.157. The summed E-state index contributed by atoms with van der Waals surface area (Å²) >= 11 is 13.5. The molecule has 0 unspecified atom stereocenters. The lowest BCUT2D eigenvalue weighted by atomic mass is 10.2. The number of hydrogen-bond donors (Lipinski definition) is 1. The van der Waals surface area contributed by atoms with Crippen molar-refractivity contribution in [3.8, 4) is 10.4 Å². The number of nitrogens with zero attached hydrogens (tertiary/aromatic N) is 1. The molecule has 0 radical (unpaired) electrons. The summed E-state index contributed by atoms with van der Waals surface area (Å²) in [6, 6.07) is 14.9. The lowest BCUT2D eigenvalue weighted by Gasteiger charge is -2.15. The first-order chi connectivity index (χ1) is 14.3. The Bertz CT molecular complexity index is 1080. The van der Waals surface area contributed by atoms with Gasteiger partial charge in [0, 0.05) is 22.9 Å². The molecule has 30 heavy (non-hydrogen) atoms. The van der Waals surface area contributed by atoms with Crippen LogP contribution < -0.4 is 5.32 Å². The van der Waals surface area contributed by atoms with E-state index in [1.54, 1.807) is 36.4 Å². The standard InChI is InChI=1S/C22H17Cl2FN2O2S/c1-27(13-20(28)26-22-17(23)3-2-4-18(22)24)21(29)12-10-16-9-11-19(30-16)14-5-7-15(25)8-6-14/h2-12H,13H2,1H3,(H,26,28)/b12-10+. The van der Waals surface area contributed by atoms with Gasteiger partial charge in [-0.05, 0) is 48.0 Å². The lowest BCUT2D eigenvalue weighted by Crippen LogP contribution is -2.34. The molecule has 0 aliphatic carbocycles. The summed E-state index contributed by atoms with van der Waals surface area (Å²) in [5, 5.41) is 3.26. The minimum absolute atomic E-state index is 0.157. The van der Waals surface area contributed by atoms with E-state index in [4.69, 9.17) is 23.2 Å². The third kappa shape index (κ3) is 5.69. The molecule has 0 aliphatic rings. The number of thiophene rings is 1. The summed E-state index contributed by atoms with van der Waals surface area (Å²) in [7, 11) is 1.53. The van der Waals surface area contributed by atoms with Crippen LogP contribution in [0, 0.1) is 5.82 Å². The van der Waals surface area contributed by atoms with Gasteiger partial charge in [0.2, 0.25) is 11.8 Å². The summed E-state index contributed by atoms with van der Waals surface area (Å²) in [5.74, 6) is -1.03. The maximum atomic E-state index is 13.1. The van der Waals surface area contributed by atoms with Crippen molar-refractivity contribution in [2.45, 2.75) is 0 Å². The molecule has 3 rings (SSSR count). The minimum atomic E-state index is -0.413. The van der Waals surface area contributed by atoms with Crippen molar-refractivity contribution in [1.82, 2.24) is 4.90 Å². The maximum absolute atomic E-state index is 13.1. The van der Waals surface area contributed by atoms with E-state index >= 15 is 0 Å². The highest BCUT2D eigenvalue weighted by Gasteiger charge is 2.14. The van der Waals surface area contributed by atoms with Gasteiger partial charge in [-0.2, -0.15) is 0 Å². The van der Waals surface area contributed by atoms with Gasteiger partial charge >= 0.3 is 0 Å². The van der Waals surface area contributed by atoms with Gasteiger partial charge in [0.1, 0.15) is 5.82 Å². The van der Waals surface area contributed by atoms with Gasteiger partial charge in [0.15, 0.2) is 0 Å².